The number of ether oxygens (including phenoxy) is 1. The summed E-state index contributed by atoms with van der Waals surface area (Å²) in [5.41, 5.74) is 5.18. The molecule has 0 atom stereocenters. The van der Waals surface area contributed by atoms with Gasteiger partial charge in [-0.25, -0.2) is 9.18 Å². The second-order valence-corrected chi connectivity index (χ2v) is 5.46. The Balaban J connectivity index is 2.36. The van der Waals surface area contributed by atoms with Gasteiger partial charge in [0.1, 0.15) is 11.4 Å². The Morgan fingerprint density at radius 3 is 2.38 bits per heavy atom. The number of rotatable bonds is 4. The normalized spacial score (nSPS) is 10.9. The predicted octanol–water partition coefficient (Wildman–Crippen LogP) is 1.66. The van der Waals surface area contributed by atoms with E-state index < -0.39 is 23.4 Å². The van der Waals surface area contributed by atoms with Gasteiger partial charge < -0.3 is 21.1 Å². The van der Waals surface area contributed by atoms with Gasteiger partial charge in [-0.05, 0) is 39.0 Å². The quantitative estimate of drug-likeness (QED) is 0.582. The number of nitrogens with one attached hydrogen (secondary N) is 2. The Labute approximate surface area is 122 Å². The summed E-state index contributed by atoms with van der Waals surface area (Å²) < 4.78 is 18.1. The number of anilines is 1. The highest BCUT2D eigenvalue weighted by molar-refractivity contribution is 5.95. The van der Waals surface area contributed by atoms with Crippen LogP contribution < -0.4 is 16.4 Å². The molecule has 0 bridgehead atoms. The molecule has 0 spiro atoms. The van der Waals surface area contributed by atoms with Gasteiger partial charge in [0.25, 0.3) is 5.91 Å². The summed E-state index contributed by atoms with van der Waals surface area (Å²) >= 11 is 0. The molecule has 1 aromatic rings. The van der Waals surface area contributed by atoms with Gasteiger partial charge in [-0.3, -0.25) is 4.79 Å². The van der Waals surface area contributed by atoms with Crippen LogP contribution in [-0.2, 0) is 4.74 Å². The highest BCUT2D eigenvalue weighted by atomic mass is 19.1. The van der Waals surface area contributed by atoms with Gasteiger partial charge in [0.05, 0.1) is 0 Å². The van der Waals surface area contributed by atoms with Crippen molar-refractivity contribution in [3.63, 3.8) is 0 Å². The maximum Gasteiger partial charge on any atom is 0.407 e. The zero-order chi connectivity index (χ0) is 16.0. The third-order valence-electron chi connectivity index (χ3n) is 2.26. The van der Waals surface area contributed by atoms with E-state index in [9.17, 15) is 14.0 Å². The van der Waals surface area contributed by atoms with Crippen molar-refractivity contribution in [1.29, 1.82) is 0 Å². The number of nitrogen functional groups attached to an aromatic ring is 1. The van der Waals surface area contributed by atoms with E-state index in [0.717, 1.165) is 12.1 Å². The van der Waals surface area contributed by atoms with Crippen LogP contribution in [0.1, 0.15) is 31.1 Å². The summed E-state index contributed by atoms with van der Waals surface area (Å²) in [6.07, 6.45) is -0.563. The fraction of sp³-hybridized carbons (Fsp3) is 0.429. The van der Waals surface area contributed by atoms with Crippen molar-refractivity contribution in [2.45, 2.75) is 26.4 Å². The first-order chi connectivity index (χ1) is 9.67. The summed E-state index contributed by atoms with van der Waals surface area (Å²) in [6.45, 7) is 5.65. The van der Waals surface area contributed by atoms with E-state index in [4.69, 9.17) is 10.5 Å². The summed E-state index contributed by atoms with van der Waals surface area (Å²) in [4.78, 5) is 23.1. The number of nitrogens with two attached hydrogens (primary N) is 1. The molecule has 0 aromatic heterocycles. The summed E-state index contributed by atoms with van der Waals surface area (Å²) in [7, 11) is 0. The molecule has 1 rings (SSSR count). The molecule has 116 valence electrons. The fourth-order valence-electron chi connectivity index (χ4n) is 1.50. The van der Waals surface area contributed by atoms with Crippen LogP contribution in [0.2, 0.25) is 0 Å². The number of hydrogen-bond donors (Lipinski definition) is 3. The molecule has 0 heterocycles. The predicted molar refractivity (Wildman–Crippen MR) is 77.4 cm³/mol. The van der Waals surface area contributed by atoms with Crippen molar-refractivity contribution in [3.05, 3.63) is 29.6 Å². The minimum atomic E-state index is -0.577. The molecule has 6 nitrogen and oxygen atoms in total. The van der Waals surface area contributed by atoms with Gasteiger partial charge in [0.15, 0.2) is 0 Å². The van der Waals surface area contributed by atoms with Gasteiger partial charge in [0.2, 0.25) is 0 Å². The first kappa shape index (κ1) is 16.7. The Kier molecular flexibility index (Phi) is 5.52. The smallest absolute Gasteiger partial charge is 0.407 e. The Bertz CT molecular complexity index is 506. The van der Waals surface area contributed by atoms with Crippen LogP contribution in [0.4, 0.5) is 14.9 Å². The number of hydrogen-bond acceptors (Lipinski definition) is 4. The second-order valence-electron chi connectivity index (χ2n) is 5.46. The number of benzene rings is 1. The van der Waals surface area contributed by atoms with Crippen molar-refractivity contribution in [2.24, 2.45) is 0 Å². The molecule has 0 aliphatic carbocycles. The van der Waals surface area contributed by atoms with Crippen LogP contribution in [0.3, 0.4) is 0 Å². The molecule has 7 heteroatoms. The van der Waals surface area contributed by atoms with Gasteiger partial charge >= 0.3 is 6.09 Å². The highest BCUT2D eigenvalue weighted by Crippen LogP contribution is 2.10. The molecule has 0 saturated carbocycles. The van der Waals surface area contributed by atoms with Crippen molar-refractivity contribution in [1.82, 2.24) is 10.6 Å². The molecular formula is C14H20FN3O3. The molecule has 0 unspecified atom stereocenters. The van der Waals surface area contributed by atoms with Gasteiger partial charge in [-0.2, -0.15) is 0 Å². The molecule has 0 radical (unpaired) electrons. The second kappa shape index (κ2) is 6.92. The lowest BCUT2D eigenvalue weighted by Crippen LogP contribution is -2.37. The van der Waals surface area contributed by atoms with Crippen LogP contribution in [0.15, 0.2) is 18.2 Å². The lowest BCUT2D eigenvalue weighted by Gasteiger charge is -2.19. The lowest BCUT2D eigenvalue weighted by atomic mass is 10.2. The molecular weight excluding hydrogens is 277 g/mol. The standard InChI is InChI=1S/C14H20FN3O3/c1-14(2,3)21-13(20)18-5-4-17-12(19)9-6-10(15)8-11(16)7-9/h6-8H,4-5,16H2,1-3H3,(H,17,19)(H,18,20). The highest BCUT2D eigenvalue weighted by Gasteiger charge is 2.15. The van der Waals surface area contributed by atoms with E-state index in [1.54, 1.807) is 20.8 Å². The minimum absolute atomic E-state index is 0.129. The largest absolute Gasteiger partial charge is 0.444 e. The van der Waals surface area contributed by atoms with E-state index in [2.05, 4.69) is 10.6 Å². The van der Waals surface area contributed by atoms with E-state index in [1.165, 1.54) is 6.07 Å². The third kappa shape index (κ3) is 6.60. The van der Waals surface area contributed by atoms with Crippen LogP contribution in [0.5, 0.6) is 0 Å². The number of alkyl carbamates (subject to hydrolysis) is 1. The summed E-state index contributed by atoms with van der Waals surface area (Å²) in [5.74, 6) is -1.04. The van der Waals surface area contributed by atoms with E-state index in [1.807, 2.05) is 0 Å². The van der Waals surface area contributed by atoms with Gasteiger partial charge in [0, 0.05) is 24.3 Å². The zero-order valence-electron chi connectivity index (χ0n) is 12.3. The zero-order valence-corrected chi connectivity index (χ0v) is 12.3. The molecule has 0 aliphatic heterocycles. The van der Waals surface area contributed by atoms with E-state index in [0.29, 0.717) is 0 Å². The summed E-state index contributed by atoms with van der Waals surface area (Å²) in [5, 5.41) is 5.03. The Morgan fingerprint density at radius 2 is 1.81 bits per heavy atom. The van der Waals surface area contributed by atoms with E-state index in [-0.39, 0.29) is 24.3 Å². The van der Waals surface area contributed by atoms with Crippen LogP contribution in [0, 0.1) is 5.82 Å². The topological polar surface area (TPSA) is 93.5 Å². The van der Waals surface area contributed by atoms with Gasteiger partial charge in [-0.15, -0.1) is 0 Å². The van der Waals surface area contributed by atoms with E-state index >= 15 is 0 Å². The third-order valence-corrected chi connectivity index (χ3v) is 2.26. The van der Waals surface area contributed by atoms with Crippen molar-refractivity contribution in [3.8, 4) is 0 Å². The lowest BCUT2D eigenvalue weighted by molar-refractivity contribution is 0.0526. The van der Waals surface area contributed by atoms with Crippen molar-refractivity contribution < 1.29 is 18.7 Å². The average molecular weight is 297 g/mol. The monoisotopic (exact) mass is 297 g/mol. The molecule has 0 fully saturated rings. The molecule has 4 N–H and O–H groups in total. The fourth-order valence-corrected chi connectivity index (χ4v) is 1.50. The molecule has 21 heavy (non-hydrogen) atoms. The van der Waals surface area contributed by atoms with Crippen molar-refractivity contribution >= 4 is 17.7 Å². The molecule has 0 aliphatic rings. The minimum Gasteiger partial charge on any atom is -0.444 e. The summed E-state index contributed by atoms with van der Waals surface area (Å²) in [6, 6.07) is 3.59. The molecule has 1 aromatic carbocycles. The number of carbonyl (C=O) groups is 2. The average Bonchev–Trinajstić information content (AvgIpc) is 2.31. The van der Waals surface area contributed by atoms with Gasteiger partial charge in [-0.1, -0.05) is 0 Å². The Morgan fingerprint density at radius 1 is 1.19 bits per heavy atom. The maximum absolute atomic E-state index is 13.1. The van der Waals surface area contributed by atoms with Crippen LogP contribution in [0.25, 0.3) is 0 Å². The molecule has 0 saturated heterocycles. The SMILES string of the molecule is CC(C)(C)OC(=O)NCCNC(=O)c1cc(N)cc(F)c1. The first-order valence-corrected chi connectivity index (χ1v) is 6.48. The van der Waals surface area contributed by atoms with Crippen molar-refractivity contribution in [2.75, 3.05) is 18.8 Å². The number of carbonyl (C=O) groups excluding carboxylic acids is 2. The Hall–Kier alpha value is -2.31. The van der Waals surface area contributed by atoms with Crippen LogP contribution >= 0.6 is 0 Å². The number of amides is 2. The molecule has 2 amide bonds. The van der Waals surface area contributed by atoms with Crippen LogP contribution in [-0.4, -0.2) is 30.7 Å². The number of halogens is 1. The first-order valence-electron chi connectivity index (χ1n) is 6.48. The maximum atomic E-state index is 13.1.